The third-order valence-corrected chi connectivity index (χ3v) is 5.04. The zero-order valence-electron chi connectivity index (χ0n) is 12.2. The molecule has 1 aromatic rings. The van der Waals surface area contributed by atoms with E-state index < -0.39 is 11.8 Å². The fourth-order valence-electron chi connectivity index (χ4n) is 3.91. The Morgan fingerprint density at radius 2 is 2.00 bits per heavy atom. The predicted molar refractivity (Wildman–Crippen MR) is 78.7 cm³/mol. The van der Waals surface area contributed by atoms with Crippen molar-refractivity contribution in [2.75, 3.05) is 13.1 Å². The van der Waals surface area contributed by atoms with E-state index in [0.717, 1.165) is 37.0 Å². The van der Waals surface area contributed by atoms with Crippen LogP contribution in [0.15, 0.2) is 18.2 Å². The maximum absolute atomic E-state index is 13.4. The topological polar surface area (TPSA) is 40.5 Å². The summed E-state index contributed by atoms with van der Waals surface area (Å²) in [5, 5.41) is 9.00. The summed E-state index contributed by atoms with van der Waals surface area (Å²) < 4.78 is 13.4. The fourth-order valence-corrected chi connectivity index (χ4v) is 3.91. The fraction of sp³-hybridized carbons (Fsp3) is 0.588. The molecule has 114 valence electrons. The van der Waals surface area contributed by atoms with Crippen LogP contribution < -0.4 is 0 Å². The van der Waals surface area contributed by atoms with Gasteiger partial charge in [-0.2, -0.15) is 0 Å². The van der Waals surface area contributed by atoms with Crippen molar-refractivity contribution in [3.63, 3.8) is 0 Å². The Balaban J connectivity index is 1.66. The van der Waals surface area contributed by atoms with Crippen LogP contribution in [0.4, 0.5) is 4.39 Å². The summed E-state index contributed by atoms with van der Waals surface area (Å²) in [4.78, 5) is 13.4. The molecule has 1 heterocycles. The molecule has 1 N–H and O–H groups in total. The van der Waals surface area contributed by atoms with Crippen LogP contribution in [0.1, 0.15) is 48.0 Å². The average molecular weight is 291 g/mol. The van der Waals surface area contributed by atoms with Gasteiger partial charge >= 0.3 is 5.97 Å². The Labute approximate surface area is 124 Å². The lowest BCUT2D eigenvalue weighted by atomic mass is 9.75. The van der Waals surface area contributed by atoms with Gasteiger partial charge in [0.25, 0.3) is 0 Å². The van der Waals surface area contributed by atoms with Crippen LogP contribution in [0.5, 0.6) is 0 Å². The quantitative estimate of drug-likeness (QED) is 0.926. The summed E-state index contributed by atoms with van der Waals surface area (Å²) in [7, 11) is 0. The van der Waals surface area contributed by atoms with Crippen molar-refractivity contribution in [1.29, 1.82) is 0 Å². The number of aromatic carboxylic acids is 1. The number of halogens is 1. The average Bonchev–Trinajstić information content (AvgIpc) is 2.49. The minimum Gasteiger partial charge on any atom is -0.478 e. The molecule has 1 aliphatic heterocycles. The number of nitrogens with zero attached hydrogens (tertiary/aromatic N) is 1. The molecular formula is C17H22FNO2. The molecule has 1 aromatic carbocycles. The first kappa shape index (κ1) is 14.5. The van der Waals surface area contributed by atoms with E-state index >= 15 is 0 Å². The molecule has 4 heteroatoms. The van der Waals surface area contributed by atoms with Gasteiger partial charge < -0.3 is 5.11 Å². The molecular weight excluding hydrogens is 269 g/mol. The third kappa shape index (κ3) is 3.26. The van der Waals surface area contributed by atoms with E-state index in [2.05, 4.69) is 4.90 Å². The van der Waals surface area contributed by atoms with Crippen molar-refractivity contribution in [2.45, 2.75) is 38.6 Å². The first-order valence-electron chi connectivity index (χ1n) is 7.87. The molecule has 3 rings (SSSR count). The van der Waals surface area contributed by atoms with Crippen molar-refractivity contribution in [3.05, 3.63) is 35.1 Å². The monoisotopic (exact) mass is 291 g/mol. The van der Waals surface area contributed by atoms with E-state index in [0.29, 0.717) is 0 Å². The Morgan fingerprint density at radius 3 is 2.76 bits per heavy atom. The highest BCUT2D eigenvalue weighted by Crippen LogP contribution is 2.36. The third-order valence-electron chi connectivity index (χ3n) is 5.04. The molecule has 21 heavy (non-hydrogen) atoms. The van der Waals surface area contributed by atoms with E-state index in [4.69, 9.17) is 5.11 Å². The van der Waals surface area contributed by atoms with Crippen LogP contribution in [0.2, 0.25) is 0 Å². The van der Waals surface area contributed by atoms with E-state index in [1.165, 1.54) is 44.2 Å². The molecule has 2 unspecified atom stereocenters. The van der Waals surface area contributed by atoms with Gasteiger partial charge in [-0.25, -0.2) is 9.18 Å². The molecule has 3 nitrogen and oxygen atoms in total. The number of hydrogen-bond donors (Lipinski definition) is 1. The van der Waals surface area contributed by atoms with Gasteiger partial charge in [0.1, 0.15) is 5.82 Å². The maximum atomic E-state index is 13.4. The molecule has 0 spiro atoms. The lowest BCUT2D eigenvalue weighted by molar-refractivity contribution is 0.0690. The number of carbonyl (C=O) groups is 1. The summed E-state index contributed by atoms with van der Waals surface area (Å²) in [5.74, 6) is -0.165. The molecule has 1 aliphatic carbocycles. The zero-order valence-corrected chi connectivity index (χ0v) is 12.2. The van der Waals surface area contributed by atoms with E-state index in [9.17, 15) is 9.18 Å². The van der Waals surface area contributed by atoms with E-state index in [1.807, 2.05) is 0 Å². The standard InChI is InChI=1S/C17H22FNO2/c18-16-6-5-12(9-15(16)17(20)21)10-19-8-7-13-3-1-2-4-14(13)11-19/h5-6,9,13-14H,1-4,7-8,10-11H2,(H,20,21). The molecule has 0 aromatic heterocycles. The van der Waals surface area contributed by atoms with Crippen LogP contribution >= 0.6 is 0 Å². The van der Waals surface area contributed by atoms with Gasteiger partial charge in [-0.15, -0.1) is 0 Å². The molecule has 1 saturated carbocycles. The Morgan fingerprint density at radius 1 is 1.24 bits per heavy atom. The minimum atomic E-state index is -1.19. The number of hydrogen-bond acceptors (Lipinski definition) is 2. The number of rotatable bonds is 3. The molecule has 2 atom stereocenters. The number of likely N-dealkylation sites (tertiary alicyclic amines) is 1. The molecule has 2 fully saturated rings. The van der Waals surface area contributed by atoms with E-state index in [1.54, 1.807) is 6.07 Å². The Kier molecular flexibility index (Phi) is 4.24. The number of piperidine rings is 1. The maximum Gasteiger partial charge on any atom is 0.338 e. The van der Waals surface area contributed by atoms with E-state index in [-0.39, 0.29) is 5.56 Å². The second-order valence-corrected chi connectivity index (χ2v) is 6.45. The van der Waals surface area contributed by atoms with Crippen molar-refractivity contribution in [3.8, 4) is 0 Å². The summed E-state index contributed by atoms with van der Waals surface area (Å²) in [6.07, 6.45) is 6.66. The Bertz CT molecular complexity index is 532. The van der Waals surface area contributed by atoms with Crippen LogP contribution in [0.25, 0.3) is 0 Å². The summed E-state index contributed by atoms with van der Waals surface area (Å²) >= 11 is 0. The summed E-state index contributed by atoms with van der Waals surface area (Å²) in [5.41, 5.74) is 0.670. The highest BCUT2D eigenvalue weighted by Gasteiger charge is 2.30. The van der Waals surface area contributed by atoms with Crippen LogP contribution in [0.3, 0.4) is 0 Å². The highest BCUT2D eigenvalue weighted by atomic mass is 19.1. The predicted octanol–water partition coefficient (Wildman–Crippen LogP) is 3.54. The van der Waals surface area contributed by atoms with Crippen LogP contribution in [-0.4, -0.2) is 29.1 Å². The number of benzene rings is 1. The first-order valence-corrected chi connectivity index (χ1v) is 7.87. The lowest BCUT2D eigenvalue weighted by Crippen LogP contribution is -2.41. The number of carboxylic acid groups (broad SMARTS) is 1. The summed E-state index contributed by atoms with van der Waals surface area (Å²) in [6, 6.07) is 4.45. The molecule has 1 saturated heterocycles. The SMILES string of the molecule is O=C(O)c1cc(CN2CCC3CCCCC3C2)ccc1F. The van der Waals surface area contributed by atoms with Gasteiger partial charge in [0.2, 0.25) is 0 Å². The van der Waals surface area contributed by atoms with Gasteiger partial charge in [-0.1, -0.05) is 25.3 Å². The van der Waals surface area contributed by atoms with Crippen LogP contribution in [0, 0.1) is 17.7 Å². The second-order valence-electron chi connectivity index (χ2n) is 6.45. The normalized spacial score (nSPS) is 26.3. The smallest absolute Gasteiger partial charge is 0.338 e. The highest BCUT2D eigenvalue weighted by molar-refractivity contribution is 5.88. The van der Waals surface area contributed by atoms with Crippen molar-refractivity contribution >= 4 is 5.97 Å². The Hall–Kier alpha value is -1.42. The molecule has 0 bridgehead atoms. The zero-order chi connectivity index (χ0) is 14.8. The summed E-state index contributed by atoms with van der Waals surface area (Å²) in [6.45, 7) is 2.90. The number of carboxylic acids is 1. The molecule has 0 radical (unpaired) electrons. The van der Waals surface area contributed by atoms with Gasteiger partial charge in [0.05, 0.1) is 5.56 Å². The largest absolute Gasteiger partial charge is 0.478 e. The van der Waals surface area contributed by atoms with Gasteiger partial charge in [0, 0.05) is 13.1 Å². The van der Waals surface area contributed by atoms with Gasteiger partial charge in [-0.05, 0) is 48.9 Å². The second kappa shape index (κ2) is 6.14. The lowest BCUT2D eigenvalue weighted by Gasteiger charge is -2.41. The molecule has 2 aliphatic rings. The van der Waals surface area contributed by atoms with Gasteiger partial charge in [0.15, 0.2) is 0 Å². The van der Waals surface area contributed by atoms with Crippen molar-refractivity contribution in [2.24, 2.45) is 11.8 Å². The van der Waals surface area contributed by atoms with Crippen molar-refractivity contribution in [1.82, 2.24) is 4.90 Å². The van der Waals surface area contributed by atoms with Crippen molar-refractivity contribution < 1.29 is 14.3 Å². The molecule has 0 amide bonds. The first-order chi connectivity index (χ1) is 10.1. The minimum absolute atomic E-state index is 0.222. The number of fused-ring (bicyclic) bond motifs is 1. The van der Waals surface area contributed by atoms with Crippen LogP contribution in [-0.2, 0) is 6.54 Å². The van der Waals surface area contributed by atoms with Gasteiger partial charge in [-0.3, -0.25) is 4.90 Å².